The number of alkyl halides is 1. The zero-order valence-corrected chi connectivity index (χ0v) is 12.6. The largest absolute Gasteiger partial charge is 0.340 e. The molecule has 0 spiro atoms. The van der Waals surface area contributed by atoms with Crippen molar-refractivity contribution in [1.82, 2.24) is 4.90 Å². The topological polar surface area (TPSA) is 20.3 Å². The van der Waals surface area contributed by atoms with Gasteiger partial charge >= 0.3 is 0 Å². The van der Waals surface area contributed by atoms with Gasteiger partial charge in [-0.1, -0.05) is 26.7 Å². The number of carbonyl (C=O) groups excluding carboxylic acids is 1. The summed E-state index contributed by atoms with van der Waals surface area (Å²) in [5.74, 6) is 1.15. The quantitative estimate of drug-likeness (QED) is 0.573. The molecule has 0 saturated heterocycles. The molecule has 0 saturated carbocycles. The number of nitrogens with zero attached hydrogens (tertiary/aromatic N) is 1. The molecule has 0 aromatic heterocycles. The summed E-state index contributed by atoms with van der Waals surface area (Å²) in [7, 11) is 0. The molecular formula is C14H28ClNO. The van der Waals surface area contributed by atoms with Gasteiger partial charge in [0.25, 0.3) is 0 Å². The van der Waals surface area contributed by atoms with Gasteiger partial charge in [0.05, 0.1) is 0 Å². The monoisotopic (exact) mass is 261 g/mol. The Labute approximate surface area is 112 Å². The lowest BCUT2D eigenvalue weighted by atomic mass is 9.97. The van der Waals surface area contributed by atoms with Crippen LogP contribution in [0.2, 0.25) is 0 Å². The molecule has 2 nitrogen and oxygen atoms in total. The van der Waals surface area contributed by atoms with Crippen molar-refractivity contribution >= 4 is 17.5 Å². The third-order valence-corrected chi connectivity index (χ3v) is 3.45. The van der Waals surface area contributed by atoms with Crippen LogP contribution >= 0.6 is 11.6 Å². The SMILES string of the molecule is CCCCC(CC)C(=O)N(CCCCl)C(C)C. The van der Waals surface area contributed by atoms with Crippen LogP contribution in [0.25, 0.3) is 0 Å². The van der Waals surface area contributed by atoms with Crippen LogP contribution in [0.5, 0.6) is 0 Å². The van der Waals surface area contributed by atoms with Crippen LogP contribution in [-0.2, 0) is 4.79 Å². The number of amides is 1. The Bertz CT molecular complexity index is 206. The van der Waals surface area contributed by atoms with Crippen molar-refractivity contribution in [2.24, 2.45) is 5.92 Å². The maximum Gasteiger partial charge on any atom is 0.225 e. The van der Waals surface area contributed by atoms with Crippen molar-refractivity contribution in [2.45, 2.75) is 65.8 Å². The summed E-state index contributed by atoms with van der Waals surface area (Å²) >= 11 is 5.71. The van der Waals surface area contributed by atoms with E-state index >= 15 is 0 Å². The molecule has 0 rings (SSSR count). The van der Waals surface area contributed by atoms with Gasteiger partial charge in [-0.25, -0.2) is 0 Å². The van der Waals surface area contributed by atoms with Crippen LogP contribution in [0.3, 0.4) is 0 Å². The first-order valence-corrected chi connectivity index (χ1v) is 7.48. The lowest BCUT2D eigenvalue weighted by Gasteiger charge is -2.30. The van der Waals surface area contributed by atoms with Crippen LogP contribution < -0.4 is 0 Å². The second-order valence-electron chi connectivity index (χ2n) is 4.92. The van der Waals surface area contributed by atoms with E-state index in [9.17, 15) is 4.79 Å². The second kappa shape index (κ2) is 9.76. The molecule has 1 amide bonds. The Morgan fingerprint density at radius 3 is 2.29 bits per heavy atom. The predicted molar refractivity (Wildman–Crippen MR) is 75.5 cm³/mol. The van der Waals surface area contributed by atoms with Gasteiger partial charge in [0.15, 0.2) is 0 Å². The summed E-state index contributed by atoms with van der Waals surface area (Å²) < 4.78 is 0. The fraction of sp³-hybridized carbons (Fsp3) is 0.929. The van der Waals surface area contributed by atoms with Crippen molar-refractivity contribution < 1.29 is 4.79 Å². The Morgan fingerprint density at radius 1 is 1.24 bits per heavy atom. The van der Waals surface area contributed by atoms with Gasteiger partial charge < -0.3 is 4.90 Å². The minimum atomic E-state index is 0.202. The molecule has 0 aliphatic rings. The van der Waals surface area contributed by atoms with E-state index in [4.69, 9.17) is 11.6 Å². The highest BCUT2D eigenvalue weighted by Crippen LogP contribution is 2.17. The predicted octanol–water partition coefficient (Wildman–Crippen LogP) is 4.07. The van der Waals surface area contributed by atoms with Gasteiger partial charge in [0, 0.05) is 24.4 Å². The van der Waals surface area contributed by atoms with Crippen LogP contribution in [0.1, 0.15) is 59.8 Å². The highest BCUT2D eigenvalue weighted by atomic mass is 35.5. The first kappa shape index (κ1) is 16.8. The van der Waals surface area contributed by atoms with Gasteiger partial charge in [0.1, 0.15) is 0 Å². The molecule has 0 radical (unpaired) electrons. The van der Waals surface area contributed by atoms with E-state index in [0.29, 0.717) is 11.8 Å². The Hall–Kier alpha value is -0.240. The van der Waals surface area contributed by atoms with E-state index in [1.165, 1.54) is 0 Å². The number of carbonyl (C=O) groups is 1. The molecule has 0 N–H and O–H groups in total. The maximum atomic E-state index is 12.4. The summed E-state index contributed by atoms with van der Waals surface area (Å²) in [6.07, 6.45) is 5.16. The number of halogens is 1. The lowest BCUT2D eigenvalue weighted by Crippen LogP contribution is -2.41. The number of hydrogen-bond acceptors (Lipinski definition) is 1. The van der Waals surface area contributed by atoms with E-state index in [2.05, 4.69) is 27.7 Å². The van der Waals surface area contributed by atoms with Crippen molar-refractivity contribution in [3.63, 3.8) is 0 Å². The molecule has 102 valence electrons. The van der Waals surface area contributed by atoms with Gasteiger partial charge in [0.2, 0.25) is 5.91 Å². The molecule has 3 heteroatoms. The number of hydrogen-bond donors (Lipinski definition) is 0. The Kier molecular flexibility index (Phi) is 9.62. The van der Waals surface area contributed by atoms with Crippen molar-refractivity contribution in [1.29, 1.82) is 0 Å². The summed E-state index contributed by atoms with van der Waals surface area (Å²) in [5, 5.41) is 0. The van der Waals surface area contributed by atoms with Crippen LogP contribution in [0, 0.1) is 5.92 Å². The smallest absolute Gasteiger partial charge is 0.225 e. The summed E-state index contributed by atoms with van der Waals surface area (Å²) in [5.41, 5.74) is 0. The Balaban J connectivity index is 4.44. The Morgan fingerprint density at radius 2 is 1.88 bits per heavy atom. The average molecular weight is 262 g/mol. The highest BCUT2D eigenvalue weighted by molar-refractivity contribution is 6.17. The summed E-state index contributed by atoms with van der Waals surface area (Å²) in [6.45, 7) is 9.24. The molecule has 0 heterocycles. The van der Waals surface area contributed by atoms with E-state index in [1.807, 2.05) is 4.90 Å². The molecule has 0 aliphatic heterocycles. The third kappa shape index (κ3) is 6.30. The highest BCUT2D eigenvalue weighted by Gasteiger charge is 2.23. The van der Waals surface area contributed by atoms with Crippen molar-refractivity contribution in [2.75, 3.05) is 12.4 Å². The minimum Gasteiger partial charge on any atom is -0.340 e. The molecule has 0 aromatic carbocycles. The van der Waals surface area contributed by atoms with Gasteiger partial charge in [-0.2, -0.15) is 0 Å². The minimum absolute atomic E-state index is 0.202. The van der Waals surface area contributed by atoms with E-state index < -0.39 is 0 Å². The van der Waals surface area contributed by atoms with E-state index in [-0.39, 0.29) is 12.0 Å². The van der Waals surface area contributed by atoms with Gasteiger partial charge in [-0.15, -0.1) is 11.6 Å². The molecular weight excluding hydrogens is 234 g/mol. The van der Waals surface area contributed by atoms with Crippen LogP contribution in [0.15, 0.2) is 0 Å². The van der Waals surface area contributed by atoms with Gasteiger partial charge in [-0.3, -0.25) is 4.79 Å². The first-order chi connectivity index (χ1) is 8.08. The van der Waals surface area contributed by atoms with Crippen LogP contribution in [0.4, 0.5) is 0 Å². The number of unbranched alkanes of at least 4 members (excludes halogenated alkanes) is 1. The van der Waals surface area contributed by atoms with Crippen molar-refractivity contribution in [3.05, 3.63) is 0 Å². The molecule has 0 fully saturated rings. The van der Waals surface area contributed by atoms with Crippen molar-refractivity contribution in [3.8, 4) is 0 Å². The van der Waals surface area contributed by atoms with Gasteiger partial charge in [-0.05, 0) is 33.1 Å². The molecule has 1 atom stereocenters. The lowest BCUT2D eigenvalue weighted by molar-refractivity contribution is -0.137. The van der Waals surface area contributed by atoms with Crippen LogP contribution in [-0.4, -0.2) is 29.3 Å². The first-order valence-electron chi connectivity index (χ1n) is 6.94. The molecule has 0 aromatic rings. The van der Waals surface area contributed by atoms with E-state index in [1.54, 1.807) is 0 Å². The average Bonchev–Trinajstić information content (AvgIpc) is 2.30. The fourth-order valence-electron chi connectivity index (χ4n) is 2.04. The molecule has 0 bridgehead atoms. The molecule has 17 heavy (non-hydrogen) atoms. The zero-order valence-electron chi connectivity index (χ0n) is 11.8. The maximum absolute atomic E-state index is 12.4. The molecule has 0 aliphatic carbocycles. The number of rotatable bonds is 9. The fourth-order valence-corrected chi connectivity index (χ4v) is 2.16. The normalized spacial score (nSPS) is 12.8. The zero-order chi connectivity index (χ0) is 13.3. The second-order valence-corrected chi connectivity index (χ2v) is 5.29. The van der Waals surface area contributed by atoms with E-state index in [0.717, 1.165) is 38.6 Å². The standard InChI is InChI=1S/C14H28ClNO/c1-5-7-9-13(6-2)14(17)16(12(3)4)11-8-10-15/h12-13H,5-11H2,1-4H3. The summed E-state index contributed by atoms with van der Waals surface area (Å²) in [6, 6.07) is 0.279. The summed E-state index contributed by atoms with van der Waals surface area (Å²) in [4.78, 5) is 14.4. The molecule has 1 unspecified atom stereocenters. The third-order valence-electron chi connectivity index (χ3n) is 3.19.